The molecule has 8 aromatic carbocycles. The zero-order valence-electron chi connectivity index (χ0n) is 23.7. The van der Waals surface area contributed by atoms with Crippen LogP contribution in [0.3, 0.4) is 0 Å². The Balaban J connectivity index is 1.20. The fourth-order valence-corrected chi connectivity index (χ4v) is 6.37. The number of para-hydroxylation sites is 1. The maximum Gasteiger partial charge on any atom is 0.0462 e. The van der Waals surface area contributed by atoms with Crippen molar-refractivity contribution in [3.05, 3.63) is 176 Å². The molecule has 0 N–H and O–H groups in total. The van der Waals surface area contributed by atoms with Gasteiger partial charge in [-0.25, -0.2) is 0 Å². The molecule has 43 heavy (non-hydrogen) atoms. The first-order chi connectivity index (χ1) is 21.3. The van der Waals surface area contributed by atoms with Crippen LogP contribution < -0.4 is 4.90 Å². The highest BCUT2D eigenvalue weighted by Crippen LogP contribution is 2.39. The van der Waals surface area contributed by atoms with Crippen molar-refractivity contribution in [3.8, 4) is 22.3 Å². The van der Waals surface area contributed by atoms with Crippen molar-refractivity contribution in [2.24, 2.45) is 0 Å². The first-order valence-corrected chi connectivity index (χ1v) is 14.8. The van der Waals surface area contributed by atoms with Crippen molar-refractivity contribution in [2.75, 3.05) is 4.90 Å². The lowest BCUT2D eigenvalue weighted by Crippen LogP contribution is -2.09. The monoisotopic (exact) mass is 547 g/mol. The van der Waals surface area contributed by atoms with Crippen LogP contribution in [0.1, 0.15) is 0 Å². The highest BCUT2D eigenvalue weighted by atomic mass is 15.1. The number of nitrogens with zero attached hydrogens (tertiary/aromatic N) is 1. The molecule has 0 heterocycles. The van der Waals surface area contributed by atoms with Crippen LogP contribution in [-0.2, 0) is 0 Å². The summed E-state index contributed by atoms with van der Waals surface area (Å²) >= 11 is 0. The summed E-state index contributed by atoms with van der Waals surface area (Å²) in [6.07, 6.45) is 0. The summed E-state index contributed by atoms with van der Waals surface area (Å²) < 4.78 is 0. The van der Waals surface area contributed by atoms with Gasteiger partial charge in [0.2, 0.25) is 0 Å². The molecule has 0 aromatic heterocycles. The van der Waals surface area contributed by atoms with E-state index in [1.807, 2.05) is 0 Å². The van der Waals surface area contributed by atoms with Crippen LogP contribution in [0.5, 0.6) is 0 Å². The Labute approximate surface area is 251 Å². The van der Waals surface area contributed by atoms with Crippen molar-refractivity contribution in [3.63, 3.8) is 0 Å². The predicted molar refractivity (Wildman–Crippen MR) is 185 cm³/mol. The van der Waals surface area contributed by atoms with Crippen LogP contribution in [0.4, 0.5) is 17.1 Å². The van der Waals surface area contributed by atoms with E-state index in [9.17, 15) is 0 Å². The van der Waals surface area contributed by atoms with E-state index in [1.54, 1.807) is 0 Å². The number of anilines is 3. The molecule has 0 atom stereocenters. The molecule has 8 rings (SSSR count). The molecule has 1 nitrogen and oxygen atoms in total. The Kier molecular flexibility index (Phi) is 6.20. The number of benzene rings is 8. The predicted octanol–water partition coefficient (Wildman–Crippen LogP) is 11.9. The van der Waals surface area contributed by atoms with Gasteiger partial charge in [-0.3, -0.25) is 0 Å². The third-order valence-electron chi connectivity index (χ3n) is 8.45. The van der Waals surface area contributed by atoms with E-state index in [4.69, 9.17) is 0 Å². The number of fused-ring (bicyclic) bond motifs is 4. The summed E-state index contributed by atoms with van der Waals surface area (Å²) in [4.78, 5) is 2.33. The number of hydrogen-bond donors (Lipinski definition) is 0. The maximum atomic E-state index is 2.33. The van der Waals surface area contributed by atoms with Gasteiger partial charge in [-0.15, -0.1) is 0 Å². The van der Waals surface area contributed by atoms with Gasteiger partial charge < -0.3 is 4.90 Å². The Morgan fingerprint density at radius 3 is 1.47 bits per heavy atom. The minimum atomic E-state index is 1.12. The van der Waals surface area contributed by atoms with Crippen molar-refractivity contribution in [1.82, 2.24) is 0 Å². The summed E-state index contributed by atoms with van der Waals surface area (Å²) in [6.45, 7) is 0. The Hall–Kier alpha value is -5.66. The molecule has 1 heteroatoms. The van der Waals surface area contributed by atoms with Gasteiger partial charge in [0.25, 0.3) is 0 Å². The van der Waals surface area contributed by atoms with Gasteiger partial charge in [-0.1, -0.05) is 133 Å². The zero-order chi connectivity index (χ0) is 28.6. The Morgan fingerprint density at radius 2 is 0.767 bits per heavy atom. The fourth-order valence-electron chi connectivity index (χ4n) is 6.37. The van der Waals surface area contributed by atoms with Crippen LogP contribution in [0.2, 0.25) is 0 Å². The van der Waals surface area contributed by atoms with Crippen molar-refractivity contribution >= 4 is 49.4 Å². The average Bonchev–Trinajstić information content (AvgIpc) is 3.09. The first-order valence-electron chi connectivity index (χ1n) is 14.8. The quantitative estimate of drug-likeness (QED) is 0.194. The summed E-state index contributed by atoms with van der Waals surface area (Å²) in [5.74, 6) is 0. The van der Waals surface area contributed by atoms with Gasteiger partial charge in [0.05, 0.1) is 0 Å². The Morgan fingerprint density at radius 1 is 0.279 bits per heavy atom. The topological polar surface area (TPSA) is 3.24 Å². The second-order valence-corrected chi connectivity index (χ2v) is 11.0. The van der Waals surface area contributed by atoms with E-state index in [0.29, 0.717) is 0 Å². The molecule has 0 unspecified atom stereocenters. The third kappa shape index (κ3) is 4.52. The van der Waals surface area contributed by atoms with Crippen LogP contribution >= 0.6 is 0 Å². The molecular formula is C42H29N. The fraction of sp³-hybridized carbons (Fsp3) is 0. The first kappa shape index (κ1) is 25.1. The van der Waals surface area contributed by atoms with Crippen LogP contribution in [0.25, 0.3) is 54.6 Å². The molecule has 0 amide bonds. The minimum absolute atomic E-state index is 1.12. The molecule has 0 aliphatic rings. The molecule has 0 bridgehead atoms. The van der Waals surface area contributed by atoms with E-state index in [-0.39, 0.29) is 0 Å². The van der Waals surface area contributed by atoms with Gasteiger partial charge in [0.1, 0.15) is 0 Å². The minimum Gasteiger partial charge on any atom is -0.311 e. The molecule has 0 aliphatic carbocycles. The Bertz CT molecular complexity index is 2210. The summed E-state index contributed by atoms with van der Waals surface area (Å²) in [5.41, 5.74) is 8.31. The smallest absolute Gasteiger partial charge is 0.0462 e. The molecular weight excluding hydrogens is 518 g/mol. The molecule has 0 saturated heterocycles. The lowest BCUT2D eigenvalue weighted by Gasteiger charge is -2.26. The van der Waals surface area contributed by atoms with Gasteiger partial charge in [0, 0.05) is 17.1 Å². The van der Waals surface area contributed by atoms with Gasteiger partial charge >= 0.3 is 0 Å². The van der Waals surface area contributed by atoms with E-state index in [0.717, 1.165) is 17.1 Å². The van der Waals surface area contributed by atoms with E-state index < -0.39 is 0 Å². The lowest BCUT2D eigenvalue weighted by atomic mass is 9.93. The molecule has 202 valence electrons. The second kappa shape index (κ2) is 10.6. The van der Waals surface area contributed by atoms with Crippen LogP contribution in [0, 0.1) is 0 Å². The van der Waals surface area contributed by atoms with Gasteiger partial charge in [0.15, 0.2) is 0 Å². The van der Waals surface area contributed by atoms with E-state index in [2.05, 4.69) is 181 Å². The summed E-state index contributed by atoms with van der Waals surface area (Å²) in [6, 6.07) is 63.4. The SMILES string of the molecule is c1ccc(N(c2ccc(-c3cccc4ccccc34)cc2)c2ccc(-c3cc4ccccc4c4ccccc34)cc2)cc1. The zero-order valence-corrected chi connectivity index (χ0v) is 23.7. The molecule has 0 radical (unpaired) electrons. The summed E-state index contributed by atoms with van der Waals surface area (Å²) in [7, 11) is 0. The highest BCUT2D eigenvalue weighted by Gasteiger charge is 2.14. The number of rotatable bonds is 5. The van der Waals surface area contributed by atoms with Crippen LogP contribution in [0.15, 0.2) is 176 Å². The van der Waals surface area contributed by atoms with Crippen molar-refractivity contribution in [2.45, 2.75) is 0 Å². The molecule has 0 saturated carbocycles. The largest absolute Gasteiger partial charge is 0.311 e. The maximum absolute atomic E-state index is 2.33. The van der Waals surface area contributed by atoms with E-state index >= 15 is 0 Å². The molecule has 0 fully saturated rings. The second-order valence-electron chi connectivity index (χ2n) is 11.0. The standard InChI is InChI=1S/C42H29N/c1-2-14-34(15-3-1)43(35-25-21-31(22-26-35)38-20-10-13-30-11-4-6-16-37(30)38)36-27-23-32(24-28-36)42-29-33-12-5-7-17-39(33)40-18-8-9-19-41(40)42/h1-29H. The van der Waals surface area contributed by atoms with Crippen molar-refractivity contribution in [1.29, 1.82) is 0 Å². The molecule has 0 aliphatic heterocycles. The number of hydrogen-bond acceptors (Lipinski definition) is 1. The normalized spacial score (nSPS) is 11.3. The lowest BCUT2D eigenvalue weighted by molar-refractivity contribution is 1.28. The molecule has 8 aromatic rings. The highest BCUT2D eigenvalue weighted by molar-refractivity contribution is 6.13. The van der Waals surface area contributed by atoms with E-state index in [1.165, 1.54) is 54.6 Å². The van der Waals surface area contributed by atoms with Crippen molar-refractivity contribution < 1.29 is 0 Å². The van der Waals surface area contributed by atoms with Gasteiger partial charge in [-0.2, -0.15) is 0 Å². The van der Waals surface area contributed by atoms with Gasteiger partial charge in [-0.05, 0) is 97.0 Å². The van der Waals surface area contributed by atoms with Crippen LogP contribution in [-0.4, -0.2) is 0 Å². The third-order valence-corrected chi connectivity index (χ3v) is 8.45. The molecule has 0 spiro atoms. The summed E-state index contributed by atoms with van der Waals surface area (Å²) in [5, 5.41) is 7.65. The average molecular weight is 548 g/mol.